The Bertz CT molecular complexity index is 523. The molecule has 1 N–H and O–H groups in total. The first-order valence-corrected chi connectivity index (χ1v) is 7.67. The summed E-state index contributed by atoms with van der Waals surface area (Å²) in [7, 11) is 0. The van der Waals surface area contributed by atoms with Crippen LogP contribution < -0.4 is 5.32 Å². The van der Waals surface area contributed by atoms with E-state index in [9.17, 15) is 18.0 Å². The van der Waals surface area contributed by atoms with Gasteiger partial charge in [0.05, 0.1) is 6.10 Å². The van der Waals surface area contributed by atoms with Gasteiger partial charge < -0.3 is 10.1 Å². The third-order valence-electron chi connectivity index (χ3n) is 3.07. The van der Waals surface area contributed by atoms with Gasteiger partial charge in [-0.1, -0.05) is 12.1 Å². The van der Waals surface area contributed by atoms with Crippen molar-refractivity contribution >= 4 is 23.7 Å². The molecule has 2 rings (SSSR count). The molecule has 1 aromatic rings. The van der Waals surface area contributed by atoms with Gasteiger partial charge in [0, 0.05) is 24.1 Å². The number of hydrogen-bond acceptors (Lipinski definition) is 3. The van der Waals surface area contributed by atoms with Crippen LogP contribution in [-0.2, 0) is 9.53 Å². The van der Waals surface area contributed by atoms with Crippen molar-refractivity contribution in [3.05, 3.63) is 35.9 Å². The smallest absolute Gasteiger partial charge is 0.376 e. The van der Waals surface area contributed by atoms with Gasteiger partial charge in [-0.3, -0.25) is 4.79 Å². The van der Waals surface area contributed by atoms with Gasteiger partial charge in [0.1, 0.15) is 0 Å². The second kappa shape index (κ2) is 7.69. The van der Waals surface area contributed by atoms with Crippen LogP contribution in [0, 0.1) is 0 Å². The SMILES string of the molecule is O=C(/C=C/c1ccc(SC(F)(F)F)cc1)NCC1CCCO1. The molecule has 0 radical (unpaired) electrons. The number of amides is 1. The molecule has 1 saturated heterocycles. The van der Waals surface area contributed by atoms with E-state index in [0.717, 1.165) is 19.4 Å². The molecule has 0 spiro atoms. The molecule has 120 valence electrons. The first-order chi connectivity index (χ1) is 10.4. The normalized spacial score (nSPS) is 18.8. The molecule has 1 heterocycles. The van der Waals surface area contributed by atoms with Gasteiger partial charge in [-0.15, -0.1) is 0 Å². The van der Waals surface area contributed by atoms with Crippen LogP contribution in [0.4, 0.5) is 13.2 Å². The lowest BCUT2D eigenvalue weighted by atomic mass is 10.2. The Kier molecular flexibility index (Phi) is 5.90. The summed E-state index contributed by atoms with van der Waals surface area (Å²) in [4.78, 5) is 11.7. The summed E-state index contributed by atoms with van der Waals surface area (Å²) in [5.74, 6) is -0.246. The van der Waals surface area contributed by atoms with Gasteiger partial charge in [-0.25, -0.2) is 0 Å². The predicted molar refractivity (Wildman–Crippen MR) is 79.4 cm³/mol. The number of rotatable bonds is 5. The van der Waals surface area contributed by atoms with Crippen LogP contribution in [0.1, 0.15) is 18.4 Å². The van der Waals surface area contributed by atoms with Gasteiger partial charge in [-0.2, -0.15) is 13.2 Å². The summed E-state index contributed by atoms with van der Waals surface area (Å²) in [5, 5.41) is 2.73. The average Bonchev–Trinajstić information content (AvgIpc) is 2.96. The van der Waals surface area contributed by atoms with E-state index in [-0.39, 0.29) is 28.7 Å². The molecule has 1 fully saturated rings. The fourth-order valence-electron chi connectivity index (χ4n) is 2.03. The number of halogens is 3. The van der Waals surface area contributed by atoms with Crippen LogP contribution in [0.25, 0.3) is 6.08 Å². The van der Waals surface area contributed by atoms with E-state index in [1.807, 2.05) is 0 Å². The van der Waals surface area contributed by atoms with E-state index in [1.54, 1.807) is 6.08 Å². The van der Waals surface area contributed by atoms with E-state index in [1.165, 1.54) is 30.3 Å². The summed E-state index contributed by atoms with van der Waals surface area (Å²) in [6, 6.07) is 5.83. The van der Waals surface area contributed by atoms with Crippen molar-refractivity contribution in [3.8, 4) is 0 Å². The summed E-state index contributed by atoms with van der Waals surface area (Å²) in [6.45, 7) is 1.21. The Morgan fingerprint density at radius 1 is 1.36 bits per heavy atom. The highest BCUT2D eigenvalue weighted by atomic mass is 32.2. The van der Waals surface area contributed by atoms with Crippen molar-refractivity contribution in [3.63, 3.8) is 0 Å². The summed E-state index contributed by atoms with van der Waals surface area (Å²) < 4.78 is 42.0. The topological polar surface area (TPSA) is 38.3 Å². The molecule has 22 heavy (non-hydrogen) atoms. The third kappa shape index (κ3) is 6.11. The van der Waals surface area contributed by atoms with Crippen LogP contribution in [0.15, 0.2) is 35.2 Å². The molecule has 0 saturated carbocycles. The zero-order valence-corrected chi connectivity index (χ0v) is 12.5. The predicted octanol–water partition coefficient (Wildman–Crippen LogP) is 3.61. The van der Waals surface area contributed by atoms with Crippen LogP contribution in [0.3, 0.4) is 0 Å². The number of hydrogen-bond donors (Lipinski definition) is 1. The molecule has 1 amide bonds. The molecule has 0 aliphatic carbocycles. The molecule has 7 heteroatoms. The van der Waals surface area contributed by atoms with Crippen molar-refractivity contribution in [2.45, 2.75) is 29.3 Å². The van der Waals surface area contributed by atoms with Gasteiger partial charge in [-0.05, 0) is 48.4 Å². The standard InChI is InChI=1S/C15H16F3NO2S/c16-15(17,18)22-13-6-3-11(4-7-13)5-8-14(20)19-10-12-2-1-9-21-12/h3-8,12H,1-2,9-10H2,(H,19,20)/b8-5+. The molecule has 1 aliphatic rings. The van der Waals surface area contributed by atoms with E-state index < -0.39 is 5.51 Å². The largest absolute Gasteiger partial charge is 0.446 e. The highest BCUT2D eigenvalue weighted by Crippen LogP contribution is 2.36. The Hall–Kier alpha value is -1.47. The minimum absolute atomic E-state index is 0.0797. The lowest BCUT2D eigenvalue weighted by Gasteiger charge is -2.08. The average molecular weight is 331 g/mol. The zero-order chi connectivity index (χ0) is 16.0. The number of ether oxygens (including phenoxy) is 1. The number of nitrogens with one attached hydrogen (secondary N) is 1. The van der Waals surface area contributed by atoms with E-state index in [0.29, 0.717) is 12.1 Å². The molecular weight excluding hydrogens is 315 g/mol. The summed E-state index contributed by atoms with van der Waals surface area (Å²) in [6.07, 6.45) is 4.96. The molecule has 1 unspecified atom stereocenters. The van der Waals surface area contributed by atoms with E-state index in [2.05, 4.69) is 5.32 Å². The fraction of sp³-hybridized carbons (Fsp3) is 0.400. The number of benzene rings is 1. The molecule has 0 aromatic heterocycles. The van der Waals surface area contributed by atoms with Gasteiger partial charge in [0.15, 0.2) is 0 Å². The van der Waals surface area contributed by atoms with Crippen molar-refractivity contribution in [1.82, 2.24) is 5.32 Å². The minimum atomic E-state index is -4.29. The number of carbonyl (C=O) groups excluding carboxylic acids is 1. The molecule has 3 nitrogen and oxygen atoms in total. The lowest BCUT2D eigenvalue weighted by Crippen LogP contribution is -2.30. The Morgan fingerprint density at radius 2 is 2.09 bits per heavy atom. The van der Waals surface area contributed by atoms with Crippen LogP contribution in [0.2, 0.25) is 0 Å². The van der Waals surface area contributed by atoms with Crippen molar-refractivity contribution < 1.29 is 22.7 Å². The maximum absolute atomic E-state index is 12.2. The molecule has 1 aromatic carbocycles. The molecular formula is C15H16F3NO2S. The van der Waals surface area contributed by atoms with Gasteiger partial charge in [0.2, 0.25) is 5.91 Å². The second-order valence-corrected chi connectivity index (χ2v) is 5.97. The number of alkyl halides is 3. The Balaban J connectivity index is 1.80. The Labute approximate surface area is 130 Å². The minimum Gasteiger partial charge on any atom is -0.376 e. The van der Waals surface area contributed by atoms with Crippen LogP contribution in [0.5, 0.6) is 0 Å². The first kappa shape index (κ1) is 16.9. The highest BCUT2D eigenvalue weighted by Gasteiger charge is 2.28. The van der Waals surface area contributed by atoms with Crippen molar-refractivity contribution in [1.29, 1.82) is 0 Å². The molecule has 1 aliphatic heterocycles. The maximum atomic E-state index is 12.2. The quantitative estimate of drug-likeness (QED) is 0.662. The number of thioether (sulfide) groups is 1. The zero-order valence-electron chi connectivity index (χ0n) is 11.7. The lowest BCUT2D eigenvalue weighted by molar-refractivity contribution is -0.116. The van der Waals surface area contributed by atoms with Crippen LogP contribution in [-0.4, -0.2) is 30.7 Å². The second-order valence-electron chi connectivity index (χ2n) is 4.83. The maximum Gasteiger partial charge on any atom is 0.446 e. The van der Waals surface area contributed by atoms with Crippen molar-refractivity contribution in [2.75, 3.05) is 13.2 Å². The molecule has 0 bridgehead atoms. The molecule has 1 atom stereocenters. The van der Waals surface area contributed by atoms with E-state index >= 15 is 0 Å². The monoisotopic (exact) mass is 331 g/mol. The third-order valence-corrected chi connectivity index (χ3v) is 3.81. The summed E-state index contributed by atoms with van der Waals surface area (Å²) in [5.41, 5.74) is -3.63. The van der Waals surface area contributed by atoms with E-state index in [4.69, 9.17) is 4.74 Å². The van der Waals surface area contributed by atoms with Gasteiger partial charge >= 0.3 is 5.51 Å². The fourth-order valence-corrected chi connectivity index (χ4v) is 2.57. The first-order valence-electron chi connectivity index (χ1n) is 6.86. The number of carbonyl (C=O) groups is 1. The van der Waals surface area contributed by atoms with Crippen LogP contribution >= 0.6 is 11.8 Å². The Morgan fingerprint density at radius 3 is 2.68 bits per heavy atom. The summed E-state index contributed by atoms with van der Waals surface area (Å²) >= 11 is -0.161. The highest BCUT2D eigenvalue weighted by molar-refractivity contribution is 8.00. The van der Waals surface area contributed by atoms with Crippen molar-refractivity contribution in [2.24, 2.45) is 0 Å². The van der Waals surface area contributed by atoms with Gasteiger partial charge in [0.25, 0.3) is 0 Å².